The molecule has 0 saturated heterocycles. The van der Waals surface area contributed by atoms with Gasteiger partial charge < -0.3 is 20.1 Å². The summed E-state index contributed by atoms with van der Waals surface area (Å²) in [7, 11) is 0. The summed E-state index contributed by atoms with van der Waals surface area (Å²) in [6.45, 7) is 1.79. The predicted molar refractivity (Wildman–Crippen MR) is 88.3 cm³/mol. The number of fused-ring (bicyclic) bond motifs is 1. The van der Waals surface area contributed by atoms with E-state index in [2.05, 4.69) is 6.07 Å². The first-order valence-electron chi connectivity index (χ1n) is 7.56. The van der Waals surface area contributed by atoms with Crippen molar-refractivity contribution in [3.63, 3.8) is 0 Å². The molecule has 6 nitrogen and oxygen atoms in total. The average molecular weight is 323 g/mol. The van der Waals surface area contributed by atoms with Gasteiger partial charge in [-0.1, -0.05) is 30.3 Å². The van der Waals surface area contributed by atoms with Crippen molar-refractivity contribution in [2.75, 3.05) is 6.61 Å². The minimum absolute atomic E-state index is 0.0116. The van der Waals surface area contributed by atoms with Crippen LogP contribution in [0.25, 0.3) is 0 Å². The Morgan fingerprint density at radius 2 is 2.08 bits per heavy atom. The number of aromatic nitrogens is 1. The van der Waals surface area contributed by atoms with Gasteiger partial charge in [0.15, 0.2) is 0 Å². The molecule has 0 unspecified atom stereocenters. The third kappa shape index (κ3) is 2.45. The summed E-state index contributed by atoms with van der Waals surface area (Å²) in [6.07, 6.45) is 0. The van der Waals surface area contributed by atoms with E-state index in [-0.39, 0.29) is 30.2 Å². The number of aliphatic hydroxyl groups is 1. The summed E-state index contributed by atoms with van der Waals surface area (Å²) >= 11 is 0. The molecule has 0 aliphatic carbocycles. The lowest BCUT2D eigenvalue weighted by atomic mass is 9.84. The number of nitrogens with zero attached hydrogens (tertiary/aromatic N) is 2. The van der Waals surface area contributed by atoms with Gasteiger partial charge in [0, 0.05) is 18.3 Å². The van der Waals surface area contributed by atoms with Crippen LogP contribution < -0.4 is 16.0 Å². The van der Waals surface area contributed by atoms with E-state index in [1.165, 1.54) is 4.57 Å². The average Bonchev–Trinajstić information content (AvgIpc) is 2.58. The summed E-state index contributed by atoms with van der Waals surface area (Å²) < 4.78 is 7.02. The van der Waals surface area contributed by atoms with Gasteiger partial charge in [-0.15, -0.1) is 0 Å². The molecule has 1 aromatic heterocycles. The van der Waals surface area contributed by atoms with Crippen molar-refractivity contribution in [1.82, 2.24) is 4.57 Å². The number of hydrogen-bond donors (Lipinski definition) is 2. The molecule has 6 heteroatoms. The number of pyridine rings is 1. The van der Waals surface area contributed by atoms with E-state index in [9.17, 15) is 15.2 Å². The molecule has 1 aliphatic heterocycles. The molecule has 1 atom stereocenters. The molecular weight excluding hydrogens is 306 g/mol. The van der Waals surface area contributed by atoms with E-state index in [0.717, 1.165) is 5.56 Å². The van der Waals surface area contributed by atoms with Gasteiger partial charge in [0.2, 0.25) is 5.88 Å². The standard InChI is InChI=1S/C18H17N3O3/c1-11-9-14-16(18(23)21(11)7-8-22)15(12-5-3-2-4-6-12)13(10-19)17(20)24-14/h2-6,9,15,22H,7-8,20H2,1H3/t15-/m1/s1. The smallest absolute Gasteiger partial charge is 0.258 e. The zero-order valence-electron chi connectivity index (χ0n) is 13.2. The van der Waals surface area contributed by atoms with Gasteiger partial charge >= 0.3 is 0 Å². The molecule has 2 aromatic rings. The molecule has 2 heterocycles. The molecule has 0 fully saturated rings. The maximum Gasteiger partial charge on any atom is 0.258 e. The maximum absolute atomic E-state index is 13.0. The monoisotopic (exact) mass is 323 g/mol. The van der Waals surface area contributed by atoms with Gasteiger partial charge in [0.1, 0.15) is 17.4 Å². The molecule has 122 valence electrons. The number of nitrogens with two attached hydrogens (primary N) is 1. The lowest BCUT2D eigenvalue weighted by Gasteiger charge is -2.27. The van der Waals surface area contributed by atoms with E-state index in [1.807, 2.05) is 30.3 Å². The molecule has 1 aliphatic rings. The number of rotatable bonds is 3. The summed E-state index contributed by atoms with van der Waals surface area (Å²) in [5.74, 6) is -0.215. The Kier molecular flexibility index (Phi) is 4.11. The first-order valence-corrected chi connectivity index (χ1v) is 7.56. The minimum atomic E-state index is -0.585. The third-order valence-corrected chi connectivity index (χ3v) is 4.15. The van der Waals surface area contributed by atoms with Crippen molar-refractivity contribution in [2.24, 2.45) is 5.73 Å². The van der Waals surface area contributed by atoms with Crippen molar-refractivity contribution in [3.05, 3.63) is 75.0 Å². The van der Waals surface area contributed by atoms with Crippen molar-refractivity contribution in [3.8, 4) is 11.8 Å². The van der Waals surface area contributed by atoms with Crippen molar-refractivity contribution in [1.29, 1.82) is 5.26 Å². The zero-order valence-corrected chi connectivity index (χ0v) is 13.2. The molecule has 3 rings (SSSR count). The highest BCUT2D eigenvalue weighted by atomic mass is 16.5. The van der Waals surface area contributed by atoms with Crippen molar-refractivity contribution >= 4 is 0 Å². The van der Waals surface area contributed by atoms with Gasteiger partial charge in [0.05, 0.1) is 18.1 Å². The first kappa shape index (κ1) is 15.8. The second kappa shape index (κ2) is 6.22. The second-order valence-electron chi connectivity index (χ2n) is 5.58. The van der Waals surface area contributed by atoms with Gasteiger partial charge in [-0.3, -0.25) is 4.79 Å². The highest BCUT2D eigenvalue weighted by molar-refractivity contribution is 5.55. The van der Waals surface area contributed by atoms with Crippen molar-refractivity contribution in [2.45, 2.75) is 19.4 Å². The Morgan fingerprint density at radius 1 is 1.38 bits per heavy atom. The molecule has 1 aromatic carbocycles. The summed E-state index contributed by atoms with van der Waals surface area (Å²) in [6, 6.07) is 13.0. The normalized spacial score (nSPS) is 16.3. The molecule has 0 bridgehead atoms. The van der Waals surface area contributed by atoms with Crippen LogP contribution in [0.2, 0.25) is 0 Å². The Labute approximate surface area is 139 Å². The van der Waals surface area contributed by atoms with Crippen LogP contribution in [0.15, 0.2) is 52.6 Å². The number of nitriles is 1. The van der Waals surface area contributed by atoms with E-state index in [0.29, 0.717) is 17.0 Å². The highest BCUT2D eigenvalue weighted by Gasteiger charge is 2.34. The number of allylic oxidation sites excluding steroid dienone is 1. The van der Waals surface area contributed by atoms with Crippen LogP contribution in [0.4, 0.5) is 0 Å². The molecule has 0 amide bonds. The number of benzene rings is 1. The fraction of sp³-hybridized carbons (Fsp3) is 0.222. The fourth-order valence-corrected chi connectivity index (χ4v) is 3.04. The number of aryl methyl sites for hydroxylation is 1. The maximum atomic E-state index is 13.0. The van der Waals surface area contributed by atoms with Crippen LogP contribution in [0, 0.1) is 18.3 Å². The topological polar surface area (TPSA) is 101 Å². The third-order valence-electron chi connectivity index (χ3n) is 4.15. The predicted octanol–water partition coefficient (Wildman–Crippen LogP) is 1.37. The van der Waals surface area contributed by atoms with Crippen LogP contribution in [0.3, 0.4) is 0 Å². The fourth-order valence-electron chi connectivity index (χ4n) is 3.04. The first-order chi connectivity index (χ1) is 11.6. The van der Waals surface area contributed by atoms with Gasteiger partial charge in [-0.25, -0.2) is 0 Å². The number of ether oxygens (including phenoxy) is 1. The molecule has 0 radical (unpaired) electrons. The molecule has 24 heavy (non-hydrogen) atoms. The van der Waals surface area contributed by atoms with Gasteiger partial charge in [-0.05, 0) is 12.5 Å². The van der Waals surface area contributed by atoms with E-state index in [4.69, 9.17) is 10.5 Å². The van der Waals surface area contributed by atoms with Crippen LogP contribution in [-0.4, -0.2) is 16.3 Å². The molecule has 0 spiro atoms. The molecule has 0 saturated carbocycles. The second-order valence-corrected chi connectivity index (χ2v) is 5.58. The number of aliphatic hydroxyl groups excluding tert-OH is 1. The van der Waals surface area contributed by atoms with E-state index >= 15 is 0 Å². The minimum Gasteiger partial charge on any atom is -0.440 e. The van der Waals surface area contributed by atoms with Crippen LogP contribution in [-0.2, 0) is 6.54 Å². The Balaban J connectivity index is 2.32. The zero-order chi connectivity index (χ0) is 17.3. The SMILES string of the molecule is Cc1cc2c(c(=O)n1CCO)[C@H](c1ccccc1)C(C#N)=C(N)O2. The van der Waals surface area contributed by atoms with Crippen molar-refractivity contribution < 1.29 is 9.84 Å². The number of hydrogen-bond acceptors (Lipinski definition) is 5. The Bertz CT molecular complexity index is 908. The van der Waals surface area contributed by atoms with Gasteiger partial charge in [0.25, 0.3) is 5.56 Å². The summed E-state index contributed by atoms with van der Waals surface area (Å²) in [4.78, 5) is 13.0. The Hall–Kier alpha value is -3.04. The summed E-state index contributed by atoms with van der Waals surface area (Å²) in [5, 5.41) is 18.7. The quantitative estimate of drug-likeness (QED) is 0.888. The van der Waals surface area contributed by atoms with Crippen LogP contribution in [0.1, 0.15) is 22.7 Å². The molecule has 3 N–H and O–H groups in total. The largest absolute Gasteiger partial charge is 0.440 e. The van der Waals surface area contributed by atoms with E-state index < -0.39 is 5.92 Å². The summed E-state index contributed by atoms with van der Waals surface area (Å²) in [5.41, 5.74) is 7.66. The lowest BCUT2D eigenvalue weighted by Crippen LogP contribution is -2.33. The molecular formula is C18H17N3O3. The van der Waals surface area contributed by atoms with Crippen LogP contribution in [0.5, 0.6) is 5.75 Å². The Morgan fingerprint density at radius 3 is 2.71 bits per heavy atom. The lowest BCUT2D eigenvalue weighted by molar-refractivity contribution is 0.272. The van der Waals surface area contributed by atoms with Crippen LogP contribution >= 0.6 is 0 Å². The van der Waals surface area contributed by atoms with E-state index in [1.54, 1.807) is 13.0 Å². The van der Waals surface area contributed by atoms with Gasteiger partial charge in [-0.2, -0.15) is 5.26 Å². The highest BCUT2D eigenvalue weighted by Crippen LogP contribution is 2.40.